The summed E-state index contributed by atoms with van der Waals surface area (Å²) in [5.74, 6) is -0.174. The Balaban J connectivity index is 0.00000289. The Hall–Kier alpha value is -3.24. The standard InChI is InChI=1S/C25H18N2O6S.Na/c1-31-17-6-3-15(4-7-17)24(28)18(10-14-2-9-21-22(11-14)33-13-32-21)23(25(29)30)16-5-8-19-20(12-16)27-34-26-19;/h2-9,11-12H,10,13H2,1H3,(H,29,30);/q;+1/p-1/b23-18+;. The Morgan fingerprint density at radius 1 is 0.943 bits per heavy atom. The average Bonchev–Trinajstić information content (AvgIpc) is 3.51. The number of methoxy groups -OCH3 is 1. The van der Waals surface area contributed by atoms with Crippen LogP contribution < -0.4 is 48.9 Å². The number of carboxylic acid groups (broad SMARTS) is 1. The number of Topliss-reactive ketones (excluding diaryl/α,β-unsaturated/α-hetero) is 1. The van der Waals surface area contributed by atoms with Gasteiger partial charge in [-0.15, -0.1) is 0 Å². The van der Waals surface area contributed by atoms with Crippen LogP contribution in [-0.4, -0.2) is 34.4 Å². The van der Waals surface area contributed by atoms with Crippen LogP contribution in [0.5, 0.6) is 17.2 Å². The predicted molar refractivity (Wildman–Crippen MR) is 123 cm³/mol. The summed E-state index contributed by atoms with van der Waals surface area (Å²) in [4.78, 5) is 26.1. The van der Waals surface area contributed by atoms with Crippen molar-refractivity contribution >= 4 is 40.1 Å². The fourth-order valence-electron chi connectivity index (χ4n) is 3.81. The third kappa shape index (κ3) is 5.08. The molecule has 0 aliphatic carbocycles. The van der Waals surface area contributed by atoms with E-state index in [1.165, 1.54) is 7.11 Å². The molecule has 0 saturated carbocycles. The van der Waals surface area contributed by atoms with Crippen molar-refractivity contribution in [3.63, 3.8) is 0 Å². The van der Waals surface area contributed by atoms with Gasteiger partial charge in [0.25, 0.3) is 0 Å². The first-order valence-electron chi connectivity index (χ1n) is 10.3. The van der Waals surface area contributed by atoms with Gasteiger partial charge in [0.2, 0.25) is 6.79 Å². The van der Waals surface area contributed by atoms with Crippen molar-refractivity contribution in [1.29, 1.82) is 0 Å². The van der Waals surface area contributed by atoms with Gasteiger partial charge in [-0.05, 0) is 59.7 Å². The molecule has 170 valence electrons. The first kappa shape index (κ1) is 24.9. The van der Waals surface area contributed by atoms with Crippen LogP contribution in [0.2, 0.25) is 0 Å². The van der Waals surface area contributed by atoms with Gasteiger partial charge < -0.3 is 24.1 Å². The molecule has 10 heteroatoms. The molecule has 0 saturated heterocycles. The number of benzene rings is 3. The molecule has 1 aliphatic rings. The number of ether oxygens (including phenoxy) is 3. The largest absolute Gasteiger partial charge is 1.00 e. The number of hydrogen-bond donors (Lipinski definition) is 0. The minimum atomic E-state index is -1.46. The Kier molecular flexibility index (Phi) is 7.51. The molecule has 8 nitrogen and oxygen atoms in total. The summed E-state index contributed by atoms with van der Waals surface area (Å²) < 4.78 is 24.3. The average molecular weight is 496 g/mol. The number of aromatic nitrogens is 2. The van der Waals surface area contributed by atoms with Gasteiger partial charge >= 0.3 is 29.6 Å². The van der Waals surface area contributed by atoms with Crippen molar-refractivity contribution < 1.29 is 58.5 Å². The molecule has 0 N–H and O–H groups in total. The summed E-state index contributed by atoms with van der Waals surface area (Å²) in [6.07, 6.45) is 0.0398. The summed E-state index contributed by atoms with van der Waals surface area (Å²) in [6, 6.07) is 16.6. The van der Waals surface area contributed by atoms with Crippen molar-refractivity contribution in [1.82, 2.24) is 8.75 Å². The van der Waals surface area contributed by atoms with Gasteiger partial charge in [-0.1, -0.05) is 12.1 Å². The van der Waals surface area contributed by atoms with Crippen LogP contribution in [0.1, 0.15) is 21.5 Å². The van der Waals surface area contributed by atoms with Gasteiger partial charge in [0.1, 0.15) is 16.8 Å². The number of nitrogens with zero attached hydrogens (tertiary/aromatic N) is 2. The van der Waals surface area contributed by atoms with Crippen LogP contribution >= 0.6 is 11.7 Å². The van der Waals surface area contributed by atoms with E-state index < -0.39 is 11.8 Å². The van der Waals surface area contributed by atoms with Crippen molar-refractivity contribution in [2.75, 3.05) is 13.9 Å². The molecule has 0 bridgehead atoms. The topological polar surface area (TPSA) is 111 Å². The van der Waals surface area contributed by atoms with E-state index in [1.54, 1.807) is 60.7 Å². The fraction of sp³-hybridized carbons (Fsp3) is 0.120. The number of carboxylic acids is 1. The molecule has 1 aromatic heterocycles. The first-order chi connectivity index (χ1) is 16.5. The summed E-state index contributed by atoms with van der Waals surface area (Å²) in [5, 5.41) is 12.4. The Labute approximate surface area is 226 Å². The summed E-state index contributed by atoms with van der Waals surface area (Å²) >= 11 is 1.03. The number of hydrogen-bond acceptors (Lipinski definition) is 9. The molecule has 0 unspecified atom stereocenters. The Morgan fingerprint density at radius 3 is 2.40 bits per heavy atom. The molecule has 0 radical (unpaired) electrons. The van der Waals surface area contributed by atoms with E-state index in [9.17, 15) is 14.7 Å². The van der Waals surface area contributed by atoms with Gasteiger partial charge in [-0.3, -0.25) is 4.79 Å². The molecular weight excluding hydrogens is 479 g/mol. The number of rotatable bonds is 7. The van der Waals surface area contributed by atoms with E-state index in [4.69, 9.17) is 14.2 Å². The minimum Gasteiger partial charge on any atom is -0.545 e. The van der Waals surface area contributed by atoms with Crippen molar-refractivity contribution in [2.45, 2.75) is 6.42 Å². The van der Waals surface area contributed by atoms with Crippen molar-refractivity contribution in [2.24, 2.45) is 0 Å². The van der Waals surface area contributed by atoms with Crippen LogP contribution in [0.25, 0.3) is 16.6 Å². The van der Waals surface area contributed by atoms with Gasteiger partial charge in [0.15, 0.2) is 17.3 Å². The van der Waals surface area contributed by atoms with Crippen molar-refractivity contribution in [3.05, 3.63) is 82.9 Å². The molecule has 2 heterocycles. The summed E-state index contributed by atoms with van der Waals surface area (Å²) in [7, 11) is 1.53. The Bertz CT molecular complexity index is 1450. The second-order valence-corrected chi connectivity index (χ2v) is 8.06. The molecule has 35 heavy (non-hydrogen) atoms. The normalized spacial score (nSPS) is 12.6. The van der Waals surface area contributed by atoms with Crippen LogP contribution in [0, 0.1) is 0 Å². The number of aliphatic carboxylic acids is 1. The second-order valence-electron chi connectivity index (χ2n) is 7.53. The maximum absolute atomic E-state index is 13.6. The van der Waals surface area contributed by atoms with E-state index >= 15 is 0 Å². The number of ketones is 1. The van der Waals surface area contributed by atoms with Crippen LogP contribution in [0.3, 0.4) is 0 Å². The zero-order valence-electron chi connectivity index (χ0n) is 18.9. The molecule has 0 amide bonds. The zero-order valence-corrected chi connectivity index (χ0v) is 21.8. The van der Waals surface area contributed by atoms with Crippen LogP contribution in [0.4, 0.5) is 0 Å². The fourth-order valence-corrected chi connectivity index (χ4v) is 4.32. The minimum absolute atomic E-state index is 0. The molecule has 1 aliphatic heterocycles. The number of fused-ring (bicyclic) bond motifs is 2. The van der Waals surface area contributed by atoms with E-state index in [1.807, 2.05) is 0 Å². The van der Waals surface area contributed by atoms with Crippen LogP contribution in [-0.2, 0) is 11.2 Å². The van der Waals surface area contributed by atoms with E-state index in [0.717, 1.165) is 11.7 Å². The van der Waals surface area contributed by atoms with E-state index in [0.29, 0.717) is 45.0 Å². The third-order valence-corrected chi connectivity index (χ3v) is 6.05. The first-order valence-corrected chi connectivity index (χ1v) is 11.0. The van der Waals surface area contributed by atoms with E-state index in [2.05, 4.69) is 8.75 Å². The van der Waals surface area contributed by atoms with Gasteiger partial charge in [-0.25, -0.2) is 0 Å². The van der Waals surface area contributed by atoms with Gasteiger partial charge in [0.05, 0.1) is 24.8 Å². The number of carbonyl (C=O) groups is 2. The number of allylic oxidation sites excluding steroid dienone is 1. The maximum atomic E-state index is 13.6. The van der Waals surface area contributed by atoms with Crippen LogP contribution in [0.15, 0.2) is 66.2 Å². The van der Waals surface area contributed by atoms with E-state index in [-0.39, 0.29) is 53.9 Å². The molecule has 3 aromatic carbocycles. The third-order valence-electron chi connectivity index (χ3n) is 5.49. The summed E-state index contributed by atoms with van der Waals surface area (Å²) in [6.45, 7) is 0.109. The monoisotopic (exact) mass is 496 g/mol. The maximum Gasteiger partial charge on any atom is 1.00 e. The van der Waals surface area contributed by atoms with Crippen molar-refractivity contribution in [3.8, 4) is 17.2 Å². The zero-order chi connectivity index (χ0) is 23.7. The SMILES string of the molecule is COc1ccc(C(=O)/C(Cc2ccc3c(c2)OCO3)=C(/C(=O)[O-])c2ccc3nsnc3c2)cc1.[Na+]. The number of carbonyl (C=O) groups excluding carboxylic acids is 2. The molecule has 0 atom stereocenters. The van der Waals surface area contributed by atoms with Gasteiger partial charge in [-0.2, -0.15) is 8.75 Å². The van der Waals surface area contributed by atoms with Gasteiger partial charge in [0, 0.05) is 23.1 Å². The summed E-state index contributed by atoms with van der Waals surface area (Å²) in [5.41, 5.74) is 2.39. The predicted octanol–water partition coefficient (Wildman–Crippen LogP) is 0.0617. The second kappa shape index (κ2) is 10.6. The Morgan fingerprint density at radius 2 is 1.66 bits per heavy atom. The molecule has 0 fully saturated rings. The quantitative estimate of drug-likeness (QED) is 0.201. The molecule has 0 spiro atoms. The molecule has 4 aromatic rings. The molecule has 5 rings (SSSR count). The smallest absolute Gasteiger partial charge is 0.545 e. The molecular formula is C25H17N2NaO6S.